The zero-order chi connectivity index (χ0) is 21.0. The van der Waals surface area contributed by atoms with Gasteiger partial charge in [0.25, 0.3) is 11.6 Å². The van der Waals surface area contributed by atoms with Crippen molar-refractivity contribution in [2.75, 3.05) is 11.1 Å². The van der Waals surface area contributed by atoms with Gasteiger partial charge in [-0.25, -0.2) is 0 Å². The minimum absolute atomic E-state index is 0.0774. The fourth-order valence-electron chi connectivity index (χ4n) is 3.02. The molecule has 2 aromatic carbocycles. The van der Waals surface area contributed by atoms with E-state index in [0.717, 1.165) is 30.2 Å². The molecule has 1 amide bonds. The first-order valence-corrected chi connectivity index (χ1v) is 10.4. The molecule has 1 unspecified atom stereocenters. The summed E-state index contributed by atoms with van der Waals surface area (Å²) in [6.07, 6.45) is 2.25. The van der Waals surface area contributed by atoms with Gasteiger partial charge in [-0.05, 0) is 55.5 Å². The van der Waals surface area contributed by atoms with Gasteiger partial charge in [-0.3, -0.25) is 19.7 Å². The van der Waals surface area contributed by atoms with E-state index in [1.165, 1.54) is 41.9 Å². The largest absolute Gasteiger partial charge is 0.452 e. The van der Waals surface area contributed by atoms with Crippen LogP contribution in [0.2, 0.25) is 5.02 Å². The van der Waals surface area contributed by atoms with Crippen molar-refractivity contribution in [2.24, 2.45) is 0 Å². The summed E-state index contributed by atoms with van der Waals surface area (Å²) in [5.41, 5.74) is 2.56. The lowest BCUT2D eigenvalue weighted by Gasteiger charge is -2.14. The first-order valence-electron chi connectivity index (χ1n) is 9.02. The maximum Gasteiger partial charge on any atom is 0.317 e. The molecule has 0 aliphatic heterocycles. The smallest absolute Gasteiger partial charge is 0.317 e. The van der Waals surface area contributed by atoms with Crippen LogP contribution in [0.4, 0.5) is 11.4 Å². The number of esters is 1. The Hall–Kier alpha value is -2.58. The number of nitro benzene ring substituents is 1. The summed E-state index contributed by atoms with van der Waals surface area (Å²) >= 11 is 7.32. The lowest BCUT2D eigenvalue weighted by atomic mass is 10.1. The highest BCUT2D eigenvalue weighted by Crippen LogP contribution is 2.28. The number of nitrogens with one attached hydrogen (secondary N) is 1. The number of fused-ring (bicyclic) bond motifs is 1. The van der Waals surface area contributed by atoms with Crippen molar-refractivity contribution >= 4 is 46.6 Å². The molecule has 29 heavy (non-hydrogen) atoms. The van der Waals surface area contributed by atoms with Crippen LogP contribution in [-0.4, -0.2) is 28.7 Å². The van der Waals surface area contributed by atoms with Gasteiger partial charge in [0.1, 0.15) is 0 Å². The number of nitrogens with zero attached hydrogens (tertiary/aromatic N) is 1. The first-order chi connectivity index (χ1) is 13.8. The third kappa shape index (κ3) is 5.48. The number of amides is 1. The maximum absolute atomic E-state index is 12.3. The molecule has 152 valence electrons. The van der Waals surface area contributed by atoms with E-state index < -0.39 is 22.9 Å². The van der Waals surface area contributed by atoms with E-state index in [1.807, 2.05) is 6.07 Å². The number of non-ortho nitro benzene ring substituents is 1. The van der Waals surface area contributed by atoms with Crippen LogP contribution in [0.5, 0.6) is 0 Å². The summed E-state index contributed by atoms with van der Waals surface area (Å²) in [4.78, 5) is 35.6. The number of hydrogen-bond acceptors (Lipinski definition) is 6. The van der Waals surface area contributed by atoms with Crippen molar-refractivity contribution in [3.63, 3.8) is 0 Å². The Labute approximate surface area is 176 Å². The Morgan fingerprint density at radius 1 is 1.24 bits per heavy atom. The highest BCUT2D eigenvalue weighted by Gasteiger charge is 2.20. The van der Waals surface area contributed by atoms with Gasteiger partial charge < -0.3 is 10.1 Å². The predicted molar refractivity (Wildman–Crippen MR) is 111 cm³/mol. The summed E-state index contributed by atoms with van der Waals surface area (Å²) in [5, 5.41) is 13.5. The van der Waals surface area contributed by atoms with Crippen molar-refractivity contribution < 1.29 is 19.2 Å². The van der Waals surface area contributed by atoms with Crippen LogP contribution >= 0.6 is 23.4 Å². The normalized spacial score (nSPS) is 13.4. The van der Waals surface area contributed by atoms with Gasteiger partial charge in [0.2, 0.25) is 0 Å². The van der Waals surface area contributed by atoms with Crippen molar-refractivity contribution in [1.82, 2.24) is 0 Å². The van der Waals surface area contributed by atoms with E-state index in [1.54, 1.807) is 0 Å². The molecule has 0 spiro atoms. The van der Waals surface area contributed by atoms with Gasteiger partial charge in [0.05, 0.1) is 21.4 Å². The Bertz CT molecular complexity index is 966. The molecular weight excluding hydrogens is 416 g/mol. The standard InChI is InChI=1S/C20H19ClN2O5S/c1-12(20(25)22-18-10-15(23(26)27)6-8-17(18)21)28-19(24)11-29-16-7-5-13-3-2-4-14(13)9-16/h5-10,12H,2-4,11H2,1H3,(H,22,25). The second-order valence-corrected chi connectivity index (χ2v) is 8.07. The zero-order valence-electron chi connectivity index (χ0n) is 15.6. The summed E-state index contributed by atoms with van der Waals surface area (Å²) in [5.74, 6) is -1.07. The molecule has 0 heterocycles. The molecule has 9 heteroatoms. The van der Waals surface area contributed by atoms with E-state index >= 15 is 0 Å². The highest BCUT2D eigenvalue weighted by atomic mass is 35.5. The number of carbonyl (C=O) groups is 2. The lowest BCUT2D eigenvalue weighted by molar-refractivity contribution is -0.384. The van der Waals surface area contributed by atoms with Crippen molar-refractivity contribution in [3.8, 4) is 0 Å². The third-order valence-electron chi connectivity index (χ3n) is 4.52. The number of hydrogen-bond donors (Lipinski definition) is 1. The van der Waals surface area contributed by atoms with Gasteiger partial charge in [-0.2, -0.15) is 0 Å². The van der Waals surface area contributed by atoms with E-state index in [4.69, 9.17) is 16.3 Å². The first kappa shape index (κ1) is 21.1. The number of ether oxygens (including phenoxy) is 1. The van der Waals surface area contributed by atoms with Crippen LogP contribution < -0.4 is 5.32 Å². The number of anilines is 1. The van der Waals surface area contributed by atoms with Crippen LogP contribution in [0.1, 0.15) is 24.5 Å². The Balaban J connectivity index is 1.52. The molecular formula is C20H19ClN2O5S. The number of thioether (sulfide) groups is 1. The Morgan fingerprint density at radius 2 is 2.00 bits per heavy atom. The summed E-state index contributed by atoms with van der Waals surface area (Å²) < 4.78 is 5.17. The summed E-state index contributed by atoms with van der Waals surface area (Å²) in [6, 6.07) is 9.88. The number of rotatable bonds is 7. The number of aryl methyl sites for hydroxylation is 2. The maximum atomic E-state index is 12.3. The molecule has 0 radical (unpaired) electrons. The molecule has 2 aromatic rings. The second-order valence-electron chi connectivity index (χ2n) is 6.62. The average Bonchev–Trinajstić information content (AvgIpc) is 3.15. The van der Waals surface area contributed by atoms with Crippen molar-refractivity contribution in [3.05, 3.63) is 62.7 Å². The summed E-state index contributed by atoms with van der Waals surface area (Å²) in [7, 11) is 0. The minimum Gasteiger partial charge on any atom is -0.452 e. The van der Waals surface area contributed by atoms with Gasteiger partial charge in [-0.1, -0.05) is 17.7 Å². The Kier molecular flexibility index (Phi) is 6.76. The van der Waals surface area contributed by atoms with Crippen LogP contribution in [0.25, 0.3) is 0 Å². The average molecular weight is 435 g/mol. The van der Waals surface area contributed by atoms with E-state index in [2.05, 4.69) is 17.4 Å². The number of benzene rings is 2. The molecule has 0 bridgehead atoms. The molecule has 0 saturated carbocycles. The monoisotopic (exact) mass is 434 g/mol. The number of halogens is 1. The quantitative estimate of drug-likeness (QED) is 0.300. The van der Waals surface area contributed by atoms with Crippen LogP contribution in [-0.2, 0) is 27.2 Å². The molecule has 3 rings (SSSR count). The molecule has 1 atom stereocenters. The van der Waals surface area contributed by atoms with Gasteiger partial charge in [0.15, 0.2) is 6.10 Å². The summed E-state index contributed by atoms with van der Waals surface area (Å²) in [6.45, 7) is 1.43. The van der Waals surface area contributed by atoms with Crippen LogP contribution in [0, 0.1) is 10.1 Å². The minimum atomic E-state index is -1.07. The van der Waals surface area contributed by atoms with Gasteiger partial charge in [-0.15, -0.1) is 11.8 Å². The third-order valence-corrected chi connectivity index (χ3v) is 5.82. The fraction of sp³-hybridized carbons (Fsp3) is 0.300. The zero-order valence-corrected chi connectivity index (χ0v) is 17.2. The topological polar surface area (TPSA) is 98.5 Å². The Morgan fingerprint density at radius 3 is 2.76 bits per heavy atom. The molecule has 0 aromatic heterocycles. The number of nitro groups is 1. The second kappa shape index (κ2) is 9.28. The molecule has 1 aliphatic rings. The van der Waals surface area contributed by atoms with Crippen LogP contribution in [0.15, 0.2) is 41.3 Å². The molecule has 0 saturated heterocycles. The molecule has 7 nitrogen and oxygen atoms in total. The van der Waals surface area contributed by atoms with E-state index in [0.29, 0.717) is 0 Å². The molecule has 1 N–H and O–H groups in total. The van der Waals surface area contributed by atoms with Crippen molar-refractivity contribution in [2.45, 2.75) is 37.2 Å². The molecule has 0 fully saturated rings. The highest BCUT2D eigenvalue weighted by molar-refractivity contribution is 8.00. The predicted octanol–water partition coefficient (Wildman–Crippen LogP) is 4.40. The SMILES string of the molecule is CC(OC(=O)CSc1ccc2c(c1)CCC2)C(=O)Nc1cc([N+](=O)[O-])ccc1Cl. The van der Waals surface area contributed by atoms with E-state index in [-0.39, 0.29) is 22.2 Å². The van der Waals surface area contributed by atoms with Crippen molar-refractivity contribution in [1.29, 1.82) is 0 Å². The fourth-order valence-corrected chi connectivity index (χ4v) is 3.93. The van der Waals surface area contributed by atoms with Gasteiger partial charge in [0, 0.05) is 17.0 Å². The molecule has 1 aliphatic carbocycles. The number of carbonyl (C=O) groups excluding carboxylic acids is 2. The lowest BCUT2D eigenvalue weighted by Crippen LogP contribution is -2.30. The van der Waals surface area contributed by atoms with Crippen LogP contribution in [0.3, 0.4) is 0 Å². The van der Waals surface area contributed by atoms with E-state index in [9.17, 15) is 19.7 Å². The van der Waals surface area contributed by atoms with Gasteiger partial charge >= 0.3 is 5.97 Å².